The quantitative estimate of drug-likeness (QED) is 0.271. The van der Waals surface area contributed by atoms with Crippen LogP contribution in [0.4, 0.5) is 16.0 Å². The molecule has 0 spiro atoms. The molecule has 0 bridgehead atoms. The fourth-order valence-corrected chi connectivity index (χ4v) is 4.28. The second-order valence-corrected chi connectivity index (χ2v) is 9.17. The largest absolute Gasteiger partial charge is 0.495 e. The third-order valence-corrected chi connectivity index (χ3v) is 6.58. The summed E-state index contributed by atoms with van der Waals surface area (Å²) in [6.45, 7) is 1.84. The molecule has 0 saturated carbocycles. The van der Waals surface area contributed by atoms with Crippen molar-refractivity contribution in [3.63, 3.8) is 0 Å². The summed E-state index contributed by atoms with van der Waals surface area (Å²) in [5, 5.41) is 7.63. The number of fused-ring (bicyclic) bond motifs is 1. The number of hydrogen-bond donors (Lipinski definition) is 2. The van der Waals surface area contributed by atoms with Gasteiger partial charge >= 0.3 is 0 Å². The number of aromatic nitrogens is 3. The Hall–Kier alpha value is -5.05. The van der Waals surface area contributed by atoms with Gasteiger partial charge in [0.2, 0.25) is 11.9 Å². The van der Waals surface area contributed by atoms with E-state index in [4.69, 9.17) is 10.5 Å². The van der Waals surface area contributed by atoms with Crippen LogP contribution < -0.4 is 15.8 Å². The Kier molecular flexibility index (Phi) is 7.05. The van der Waals surface area contributed by atoms with Crippen LogP contribution in [0.5, 0.6) is 5.75 Å². The van der Waals surface area contributed by atoms with Crippen molar-refractivity contribution in [2.75, 3.05) is 12.4 Å². The van der Waals surface area contributed by atoms with Crippen molar-refractivity contribution >= 4 is 29.0 Å². The first kappa shape index (κ1) is 25.6. The summed E-state index contributed by atoms with van der Waals surface area (Å²) in [6.07, 6.45) is 2.16. The van der Waals surface area contributed by atoms with E-state index in [1.54, 1.807) is 34.8 Å². The highest BCUT2D eigenvalue weighted by atomic mass is 19.1. The first-order valence-electron chi connectivity index (χ1n) is 12.3. The zero-order valence-corrected chi connectivity index (χ0v) is 21.4. The van der Waals surface area contributed by atoms with Gasteiger partial charge in [0.15, 0.2) is 5.65 Å². The van der Waals surface area contributed by atoms with Crippen LogP contribution in [0, 0.1) is 5.82 Å². The van der Waals surface area contributed by atoms with Gasteiger partial charge in [-0.3, -0.25) is 9.59 Å². The molecule has 39 heavy (non-hydrogen) atoms. The van der Waals surface area contributed by atoms with Crippen molar-refractivity contribution in [2.24, 2.45) is 5.73 Å². The van der Waals surface area contributed by atoms with Gasteiger partial charge < -0.3 is 15.8 Å². The third kappa shape index (κ3) is 5.62. The minimum atomic E-state index is -0.544. The molecule has 0 radical (unpaired) electrons. The summed E-state index contributed by atoms with van der Waals surface area (Å²) < 4.78 is 20.2. The predicted molar refractivity (Wildman–Crippen MR) is 147 cm³/mol. The molecule has 0 fully saturated rings. The van der Waals surface area contributed by atoms with E-state index in [-0.39, 0.29) is 17.5 Å². The van der Waals surface area contributed by atoms with Gasteiger partial charge in [-0.25, -0.2) is 8.91 Å². The summed E-state index contributed by atoms with van der Waals surface area (Å²) in [5.41, 5.74) is 10.5. The number of Topliss-reactive ketones (excluding diaryl/α,β-unsaturated/α-hetero) is 1. The second-order valence-electron chi connectivity index (χ2n) is 9.17. The van der Waals surface area contributed by atoms with Crippen LogP contribution in [-0.2, 0) is 11.2 Å². The molecule has 2 heterocycles. The Morgan fingerprint density at radius 1 is 1.00 bits per heavy atom. The average Bonchev–Trinajstić information content (AvgIpc) is 3.35. The molecular formula is C30H26FN5O3. The lowest BCUT2D eigenvalue weighted by Gasteiger charge is -2.11. The number of amides is 1. The van der Waals surface area contributed by atoms with Gasteiger partial charge in [0.1, 0.15) is 17.3 Å². The fraction of sp³-hybridized carbons (Fsp3) is 0.133. The van der Waals surface area contributed by atoms with Crippen LogP contribution in [0.3, 0.4) is 0 Å². The number of nitrogens with zero attached hydrogens (tertiary/aromatic N) is 3. The Labute approximate surface area is 224 Å². The van der Waals surface area contributed by atoms with Gasteiger partial charge in [0.25, 0.3) is 0 Å². The third-order valence-electron chi connectivity index (χ3n) is 6.58. The minimum absolute atomic E-state index is 0.0688. The molecule has 0 unspecified atom stereocenters. The highest BCUT2D eigenvalue weighted by Gasteiger charge is 2.16. The van der Waals surface area contributed by atoms with E-state index in [1.807, 2.05) is 49.5 Å². The lowest BCUT2D eigenvalue weighted by Crippen LogP contribution is -2.12. The predicted octanol–water partition coefficient (Wildman–Crippen LogP) is 5.30. The van der Waals surface area contributed by atoms with E-state index in [0.717, 1.165) is 22.3 Å². The van der Waals surface area contributed by atoms with Crippen molar-refractivity contribution in [2.45, 2.75) is 19.3 Å². The summed E-state index contributed by atoms with van der Waals surface area (Å²) in [6, 6.07) is 22.5. The number of carbonyl (C=O) groups excluding carboxylic acids is 2. The lowest BCUT2D eigenvalue weighted by molar-refractivity contribution is -0.119. The van der Waals surface area contributed by atoms with Crippen molar-refractivity contribution in [1.29, 1.82) is 0 Å². The molecule has 1 amide bonds. The topological polar surface area (TPSA) is 112 Å². The smallest absolute Gasteiger partial charge is 0.248 e. The van der Waals surface area contributed by atoms with E-state index < -0.39 is 5.91 Å². The van der Waals surface area contributed by atoms with Crippen LogP contribution in [0.1, 0.15) is 34.3 Å². The number of benzene rings is 3. The maximum atomic E-state index is 13.2. The number of ketones is 1. The normalized spacial score (nSPS) is 11.8. The van der Waals surface area contributed by atoms with Crippen LogP contribution in [0.15, 0.2) is 85.1 Å². The molecule has 2 aromatic heterocycles. The molecule has 0 aliphatic carbocycles. The number of nitrogens with two attached hydrogens (primary N) is 1. The number of carbonyl (C=O) groups is 2. The standard InChI is InChI=1S/C30H26FN5O3/c1-18(20-7-11-24(31)12-8-20)26(37)15-19-3-5-21(6-4-19)23-10-14-28-34-30(35-36(28)17-23)33-25-13-9-22(29(32)38)16-27(25)39-2/h3-14,16-18H,15H2,1-2H3,(H2,32,38)(H,33,35)/t18-/m1/s1. The molecular weight excluding hydrogens is 497 g/mol. The maximum Gasteiger partial charge on any atom is 0.248 e. The van der Waals surface area contributed by atoms with Crippen LogP contribution in [0.2, 0.25) is 0 Å². The first-order valence-corrected chi connectivity index (χ1v) is 12.3. The Bertz CT molecular complexity index is 1660. The van der Waals surface area contributed by atoms with Gasteiger partial charge in [-0.15, -0.1) is 5.10 Å². The number of anilines is 2. The average molecular weight is 524 g/mol. The number of hydrogen-bond acceptors (Lipinski definition) is 6. The number of methoxy groups -OCH3 is 1. The highest BCUT2D eigenvalue weighted by molar-refractivity contribution is 5.94. The number of pyridine rings is 1. The van der Waals surface area contributed by atoms with E-state index in [1.165, 1.54) is 19.2 Å². The number of halogens is 1. The summed E-state index contributed by atoms with van der Waals surface area (Å²) in [4.78, 5) is 28.7. The molecule has 0 aliphatic rings. The van der Waals surface area contributed by atoms with Crippen molar-refractivity contribution in [3.05, 3.63) is 108 Å². The SMILES string of the molecule is COc1cc(C(N)=O)ccc1Nc1nc2ccc(-c3ccc(CC(=O)[C@H](C)c4ccc(F)cc4)cc3)cn2n1. The van der Waals surface area contributed by atoms with E-state index in [9.17, 15) is 14.0 Å². The molecule has 0 saturated heterocycles. The molecule has 196 valence electrons. The van der Waals surface area contributed by atoms with E-state index in [2.05, 4.69) is 15.4 Å². The van der Waals surface area contributed by atoms with Gasteiger partial charge in [0.05, 0.1) is 12.8 Å². The maximum absolute atomic E-state index is 13.2. The molecule has 5 rings (SSSR count). The Balaban J connectivity index is 1.30. The van der Waals surface area contributed by atoms with Crippen LogP contribution >= 0.6 is 0 Å². The second kappa shape index (κ2) is 10.7. The number of primary amides is 1. The molecule has 3 aromatic carbocycles. The van der Waals surface area contributed by atoms with Gasteiger partial charge in [0, 0.05) is 29.7 Å². The van der Waals surface area contributed by atoms with Gasteiger partial charge in [-0.2, -0.15) is 4.98 Å². The summed E-state index contributed by atoms with van der Waals surface area (Å²) in [5.74, 6) is -0.305. The minimum Gasteiger partial charge on any atom is -0.495 e. The molecule has 9 heteroatoms. The molecule has 1 atom stereocenters. The number of nitrogens with one attached hydrogen (secondary N) is 1. The van der Waals surface area contributed by atoms with Crippen LogP contribution in [0.25, 0.3) is 16.8 Å². The molecule has 5 aromatic rings. The molecule has 8 nitrogen and oxygen atoms in total. The van der Waals surface area contributed by atoms with E-state index in [0.29, 0.717) is 35.0 Å². The molecule has 3 N–H and O–H groups in total. The monoisotopic (exact) mass is 523 g/mol. The fourth-order valence-electron chi connectivity index (χ4n) is 4.28. The first-order chi connectivity index (χ1) is 18.8. The van der Waals surface area contributed by atoms with Gasteiger partial charge in [-0.1, -0.05) is 43.3 Å². The number of rotatable bonds is 9. The van der Waals surface area contributed by atoms with Crippen molar-refractivity contribution in [3.8, 4) is 16.9 Å². The number of ether oxygens (including phenoxy) is 1. The Morgan fingerprint density at radius 3 is 2.41 bits per heavy atom. The summed E-state index contributed by atoms with van der Waals surface area (Å²) >= 11 is 0. The van der Waals surface area contributed by atoms with Gasteiger partial charge in [-0.05, 0) is 59.2 Å². The summed E-state index contributed by atoms with van der Waals surface area (Å²) in [7, 11) is 1.50. The molecule has 0 aliphatic heterocycles. The van der Waals surface area contributed by atoms with Crippen molar-refractivity contribution < 1.29 is 18.7 Å². The lowest BCUT2D eigenvalue weighted by atomic mass is 9.92. The van der Waals surface area contributed by atoms with Crippen molar-refractivity contribution in [1.82, 2.24) is 14.6 Å². The zero-order chi connectivity index (χ0) is 27.5. The zero-order valence-electron chi connectivity index (χ0n) is 21.4. The highest BCUT2D eigenvalue weighted by Crippen LogP contribution is 2.28. The Morgan fingerprint density at radius 2 is 1.72 bits per heavy atom. The van der Waals surface area contributed by atoms with E-state index >= 15 is 0 Å². The van der Waals surface area contributed by atoms with Crippen LogP contribution in [-0.4, -0.2) is 33.4 Å².